The lowest BCUT2D eigenvalue weighted by Crippen LogP contribution is -2.42. The Kier molecular flexibility index (Phi) is 9.98. The van der Waals surface area contributed by atoms with Crippen molar-refractivity contribution in [2.24, 2.45) is 0 Å². The van der Waals surface area contributed by atoms with Gasteiger partial charge in [0.25, 0.3) is 17.5 Å². The largest absolute Gasteiger partial charge is 0.363 e. The van der Waals surface area contributed by atoms with Gasteiger partial charge in [0, 0.05) is 30.1 Å². The fraction of sp³-hybridized carbons (Fsp3) is 0.542. The maximum absolute atomic E-state index is 13.1. The Bertz CT molecular complexity index is 902. The van der Waals surface area contributed by atoms with Crippen LogP contribution in [0.2, 0.25) is 0 Å². The Morgan fingerprint density at radius 2 is 1.71 bits per heavy atom. The molecule has 0 radical (unpaired) electrons. The molecule has 1 aromatic rings. The van der Waals surface area contributed by atoms with Gasteiger partial charge in [-0.05, 0) is 59.8 Å². The Morgan fingerprint density at radius 1 is 1.10 bits per heavy atom. The molecule has 1 aliphatic heterocycles. The minimum Gasteiger partial charge on any atom is -0.363 e. The predicted octanol–water partition coefficient (Wildman–Crippen LogP) is 6.66. The van der Waals surface area contributed by atoms with E-state index in [-0.39, 0.29) is 11.6 Å². The molecule has 0 aliphatic carbocycles. The molecule has 0 N–H and O–H groups in total. The predicted molar refractivity (Wildman–Crippen MR) is 133 cm³/mol. The van der Waals surface area contributed by atoms with Crippen molar-refractivity contribution in [2.45, 2.75) is 66.2 Å². The number of thiophene rings is 1. The van der Waals surface area contributed by atoms with Crippen molar-refractivity contribution >= 4 is 50.2 Å². The highest BCUT2D eigenvalue weighted by molar-refractivity contribution is 9.10. The number of unbranched alkanes of at least 4 members (excludes halogenated alkanes) is 3. The van der Waals surface area contributed by atoms with Crippen LogP contribution in [0, 0.1) is 6.57 Å². The number of nitrogens with zero attached hydrogens (tertiary/aromatic N) is 3. The summed E-state index contributed by atoms with van der Waals surface area (Å²) in [5, 5.41) is 1.17. The third-order valence-corrected chi connectivity index (χ3v) is 7.36. The second kappa shape index (κ2) is 12.2. The van der Waals surface area contributed by atoms with Gasteiger partial charge in [0.15, 0.2) is 0 Å². The van der Waals surface area contributed by atoms with Crippen molar-refractivity contribution in [3.63, 3.8) is 0 Å². The van der Waals surface area contributed by atoms with Gasteiger partial charge in [0.05, 0.1) is 11.0 Å². The lowest BCUT2D eigenvalue weighted by molar-refractivity contribution is -0.140. The summed E-state index contributed by atoms with van der Waals surface area (Å²) in [6.07, 6.45) is 7.99. The van der Waals surface area contributed by atoms with Gasteiger partial charge in [0.1, 0.15) is 5.00 Å². The Labute approximate surface area is 198 Å². The maximum atomic E-state index is 13.1. The first-order valence-electron chi connectivity index (χ1n) is 11.1. The van der Waals surface area contributed by atoms with Crippen LogP contribution in [0.1, 0.15) is 71.1 Å². The Morgan fingerprint density at radius 3 is 2.26 bits per heavy atom. The van der Waals surface area contributed by atoms with Crippen LogP contribution in [-0.2, 0) is 9.59 Å². The standard InChI is InChI=1S/C24H32BrN3O2S/c1-6-9-12-27(13-10-7-2)24-20(25)16-18(31-24)15-19-17(4)21(26-5)23(30)28(22(19)29)14-11-8-3/h15-16H,6-14H2,1-4H3/b19-15+. The molecule has 0 saturated carbocycles. The molecule has 31 heavy (non-hydrogen) atoms. The molecule has 0 fully saturated rings. The van der Waals surface area contributed by atoms with Crippen molar-refractivity contribution < 1.29 is 9.59 Å². The zero-order valence-corrected chi connectivity index (χ0v) is 21.4. The highest BCUT2D eigenvalue weighted by atomic mass is 79.9. The monoisotopic (exact) mass is 505 g/mol. The number of carbonyl (C=O) groups is 2. The molecule has 0 atom stereocenters. The van der Waals surface area contributed by atoms with E-state index in [2.05, 4.69) is 39.5 Å². The first kappa shape index (κ1) is 25.4. The van der Waals surface area contributed by atoms with Crippen LogP contribution in [0.25, 0.3) is 10.9 Å². The maximum Gasteiger partial charge on any atom is 0.260 e. The minimum atomic E-state index is -0.471. The van der Waals surface area contributed by atoms with Crippen molar-refractivity contribution in [3.8, 4) is 0 Å². The number of hydrogen-bond acceptors (Lipinski definition) is 4. The normalized spacial score (nSPS) is 15.7. The zero-order chi connectivity index (χ0) is 23.0. The molecule has 2 rings (SSSR count). The van der Waals surface area contributed by atoms with Gasteiger partial charge in [-0.25, -0.2) is 4.85 Å². The van der Waals surface area contributed by atoms with E-state index in [4.69, 9.17) is 6.57 Å². The van der Waals surface area contributed by atoms with E-state index in [1.807, 2.05) is 19.1 Å². The minimum absolute atomic E-state index is 0.0466. The second-order valence-corrected chi connectivity index (χ2v) is 9.67. The fourth-order valence-corrected chi connectivity index (χ4v) is 5.39. The van der Waals surface area contributed by atoms with Gasteiger partial charge in [-0.1, -0.05) is 40.0 Å². The van der Waals surface area contributed by atoms with Crippen LogP contribution < -0.4 is 4.90 Å². The van der Waals surface area contributed by atoms with Crippen molar-refractivity contribution in [1.82, 2.24) is 4.90 Å². The molecule has 0 spiro atoms. The number of imide groups is 1. The quantitative estimate of drug-likeness (QED) is 0.192. The van der Waals surface area contributed by atoms with Crippen LogP contribution in [0.3, 0.4) is 0 Å². The summed E-state index contributed by atoms with van der Waals surface area (Å²) in [5.74, 6) is -0.773. The topological polar surface area (TPSA) is 45.0 Å². The first-order chi connectivity index (χ1) is 14.9. The summed E-state index contributed by atoms with van der Waals surface area (Å²) in [5.41, 5.74) is 0.957. The highest BCUT2D eigenvalue weighted by Crippen LogP contribution is 2.38. The molecule has 1 aromatic heterocycles. The summed E-state index contributed by atoms with van der Waals surface area (Å²) >= 11 is 5.35. The fourth-order valence-electron chi connectivity index (χ4n) is 3.45. The molecule has 168 valence electrons. The molecule has 0 unspecified atom stereocenters. The van der Waals surface area contributed by atoms with Crippen LogP contribution in [-0.4, -0.2) is 36.3 Å². The van der Waals surface area contributed by atoms with E-state index < -0.39 is 5.91 Å². The Balaban J connectivity index is 2.43. The summed E-state index contributed by atoms with van der Waals surface area (Å²) in [6.45, 7) is 17.9. The third-order valence-electron chi connectivity index (χ3n) is 5.35. The SMILES string of the molecule is [C-]#[N+]C1=C(C)/C(=C\c2cc(Br)c(N(CCCC)CCCC)s2)C(=O)N(CCCC)C1=O. The van der Waals surface area contributed by atoms with Crippen LogP contribution >= 0.6 is 27.3 Å². The third kappa shape index (κ3) is 6.08. The number of rotatable bonds is 11. The average Bonchev–Trinajstić information content (AvgIpc) is 3.11. The number of anilines is 1. The number of hydrogen-bond donors (Lipinski definition) is 0. The molecular formula is C24H32BrN3O2S. The van der Waals surface area contributed by atoms with Gasteiger partial charge < -0.3 is 4.90 Å². The molecule has 1 aliphatic rings. The molecule has 7 heteroatoms. The number of amides is 2. The van der Waals surface area contributed by atoms with Gasteiger partial charge in [-0.2, -0.15) is 0 Å². The van der Waals surface area contributed by atoms with E-state index >= 15 is 0 Å². The second-order valence-electron chi connectivity index (χ2n) is 7.75. The molecule has 0 bridgehead atoms. The van der Waals surface area contributed by atoms with E-state index in [0.29, 0.717) is 17.7 Å². The lowest BCUT2D eigenvalue weighted by Gasteiger charge is -2.27. The summed E-state index contributed by atoms with van der Waals surface area (Å²) < 4.78 is 1.02. The molecule has 5 nitrogen and oxygen atoms in total. The first-order valence-corrected chi connectivity index (χ1v) is 12.7. The van der Waals surface area contributed by atoms with Crippen molar-refractivity contribution in [2.75, 3.05) is 24.5 Å². The lowest BCUT2D eigenvalue weighted by atomic mass is 9.98. The van der Waals surface area contributed by atoms with E-state index in [1.54, 1.807) is 18.3 Å². The molecule has 0 aromatic carbocycles. The molecule has 0 saturated heterocycles. The van der Waals surface area contributed by atoms with Crippen LogP contribution in [0.15, 0.2) is 27.4 Å². The smallest absolute Gasteiger partial charge is 0.260 e. The zero-order valence-electron chi connectivity index (χ0n) is 19.0. The Hall–Kier alpha value is -1.91. The van der Waals surface area contributed by atoms with Gasteiger partial charge >= 0.3 is 0 Å². The average molecular weight is 507 g/mol. The number of carbonyl (C=O) groups excluding carboxylic acids is 2. The van der Waals surface area contributed by atoms with Crippen molar-refractivity contribution in [1.29, 1.82) is 0 Å². The summed E-state index contributed by atoms with van der Waals surface area (Å²) in [4.78, 5) is 33.8. The van der Waals surface area contributed by atoms with Crippen LogP contribution in [0.4, 0.5) is 5.00 Å². The van der Waals surface area contributed by atoms with Gasteiger partial charge in [-0.3, -0.25) is 14.5 Å². The molecule has 2 heterocycles. The van der Waals surface area contributed by atoms with Gasteiger partial charge in [-0.15, -0.1) is 11.3 Å². The summed E-state index contributed by atoms with van der Waals surface area (Å²) in [6, 6.07) is 2.03. The summed E-state index contributed by atoms with van der Waals surface area (Å²) in [7, 11) is 0. The molecule has 2 amide bonds. The van der Waals surface area contributed by atoms with E-state index in [0.717, 1.165) is 61.0 Å². The van der Waals surface area contributed by atoms with E-state index in [9.17, 15) is 9.59 Å². The van der Waals surface area contributed by atoms with Crippen LogP contribution in [0.5, 0.6) is 0 Å². The van der Waals surface area contributed by atoms with Gasteiger partial charge in [0.2, 0.25) is 0 Å². The highest BCUT2D eigenvalue weighted by Gasteiger charge is 2.35. The van der Waals surface area contributed by atoms with Crippen molar-refractivity contribution in [3.05, 3.63) is 43.7 Å². The molecular weight excluding hydrogens is 474 g/mol. The number of halogens is 1. The van der Waals surface area contributed by atoms with E-state index in [1.165, 1.54) is 9.90 Å².